The molecule has 2 aromatic heterocycles. The summed E-state index contributed by atoms with van der Waals surface area (Å²) in [6.07, 6.45) is 8.78. The SMILES string of the molecule is O=C(CC1CCCC1)NCc1nnc(SCc2ccncc2)n1-c1ccc(F)cc1. The standard InChI is InChI=1S/C22H24FN5OS/c23-18-5-7-19(8-6-18)28-20(14-25-21(29)13-16-3-1-2-4-16)26-27-22(28)30-15-17-9-11-24-12-10-17/h5-12,16H,1-4,13-15H2,(H,25,29). The van der Waals surface area contributed by atoms with Crippen LogP contribution in [0.1, 0.15) is 43.5 Å². The Morgan fingerprint density at radius 2 is 1.83 bits per heavy atom. The van der Waals surface area contributed by atoms with E-state index in [-0.39, 0.29) is 18.3 Å². The molecule has 0 saturated heterocycles. The number of nitrogens with one attached hydrogen (secondary N) is 1. The van der Waals surface area contributed by atoms with Gasteiger partial charge in [0.1, 0.15) is 5.82 Å². The predicted molar refractivity (Wildman–Crippen MR) is 114 cm³/mol. The fourth-order valence-corrected chi connectivity index (χ4v) is 4.64. The predicted octanol–water partition coefficient (Wildman–Crippen LogP) is 4.29. The fraction of sp³-hybridized carbons (Fsp3) is 0.364. The molecule has 1 fully saturated rings. The van der Waals surface area contributed by atoms with E-state index in [1.54, 1.807) is 24.5 Å². The Morgan fingerprint density at radius 3 is 2.57 bits per heavy atom. The fourth-order valence-electron chi connectivity index (χ4n) is 3.71. The van der Waals surface area contributed by atoms with Crippen molar-refractivity contribution in [2.45, 2.75) is 49.6 Å². The minimum atomic E-state index is -0.302. The van der Waals surface area contributed by atoms with Gasteiger partial charge in [-0.2, -0.15) is 0 Å². The molecule has 30 heavy (non-hydrogen) atoms. The van der Waals surface area contributed by atoms with E-state index < -0.39 is 0 Å². The number of amides is 1. The Hall–Kier alpha value is -2.74. The molecule has 1 aliphatic rings. The summed E-state index contributed by atoms with van der Waals surface area (Å²) in [6.45, 7) is 0.283. The van der Waals surface area contributed by atoms with Gasteiger partial charge in [-0.05, 0) is 60.7 Å². The second kappa shape index (κ2) is 9.84. The molecule has 6 nitrogen and oxygen atoms in total. The zero-order valence-corrected chi connectivity index (χ0v) is 17.4. The van der Waals surface area contributed by atoms with E-state index in [0.717, 1.165) is 24.1 Å². The van der Waals surface area contributed by atoms with E-state index in [0.29, 0.717) is 29.1 Å². The molecule has 1 saturated carbocycles. The van der Waals surface area contributed by atoms with Gasteiger partial charge in [0.25, 0.3) is 0 Å². The molecule has 1 N–H and O–H groups in total. The summed E-state index contributed by atoms with van der Waals surface area (Å²) in [5, 5.41) is 12.3. The van der Waals surface area contributed by atoms with Crippen LogP contribution in [0.25, 0.3) is 5.69 Å². The number of rotatable bonds is 8. The number of thioether (sulfide) groups is 1. The van der Waals surface area contributed by atoms with Crippen LogP contribution in [0.4, 0.5) is 4.39 Å². The third-order valence-corrected chi connectivity index (χ3v) is 6.30. The molecule has 8 heteroatoms. The summed E-state index contributed by atoms with van der Waals surface area (Å²) in [7, 11) is 0. The van der Waals surface area contributed by atoms with Crippen molar-refractivity contribution < 1.29 is 9.18 Å². The summed E-state index contributed by atoms with van der Waals surface area (Å²) in [6, 6.07) is 10.1. The van der Waals surface area contributed by atoms with Crippen LogP contribution in [0.15, 0.2) is 53.9 Å². The highest BCUT2D eigenvalue weighted by molar-refractivity contribution is 7.98. The van der Waals surface area contributed by atoms with Crippen molar-refractivity contribution in [1.29, 1.82) is 0 Å². The van der Waals surface area contributed by atoms with Crippen molar-refractivity contribution in [2.75, 3.05) is 0 Å². The van der Waals surface area contributed by atoms with Gasteiger partial charge in [0, 0.05) is 30.3 Å². The molecule has 1 aliphatic carbocycles. The van der Waals surface area contributed by atoms with Gasteiger partial charge in [-0.1, -0.05) is 24.6 Å². The number of halogens is 1. The Labute approximate surface area is 179 Å². The van der Waals surface area contributed by atoms with E-state index in [2.05, 4.69) is 20.5 Å². The lowest BCUT2D eigenvalue weighted by Crippen LogP contribution is -2.26. The third kappa shape index (κ3) is 5.24. The van der Waals surface area contributed by atoms with E-state index in [1.165, 1.54) is 36.7 Å². The molecular weight excluding hydrogens is 401 g/mol. The normalized spacial score (nSPS) is 14.2. The van der Waals surface area contributed by atoms with Crippen LogP contribution < -0.4 is 5.32 Å². The van der Waals surface area contributed by atoms with Gasteiger partial charge in [-0.25, -0.2) is 4.39 Å². The molecule has 0 bridgehead atoms. The van der Waals surface area contributed by atoms with Gasteiger partial charge in [0.05, 0.1) is 6.54 Å². The summed E-state index contributed by atoms with van der Waals surface area (Å²) < 4.78 is 15.3. The number of aromatic nitrogens is 4. The number of benzene rings is 1. The van der Waals surface area contributed by atoms with Crippen LogP contribution in [0, 0.1) is 11.7 Å². The molecule has 1 aromatic carbocycles. The lowest BCUT2D eigenvalue weighted by Gasteiger charge is -2.12. The minimum Gasteiger partial charge on any atom is -0.349 e. The zero-order valence-electron chi connectivity index (χ0n) is 16.6. The largest absolute Gasteiger partial charge is 0.349 e. The van der Waals surface area contributed by atoms with Gasteiger partial charge in [-0.3, -0.25) is 14.3 Å². The number of hydrogen-bond acceptors (Lipinski definition) is 5. The molecule has 0 spiro atoms. The minimum absolute atomic E-state index is 0.0431. The summed E-state index contributed by atoms with van der Waals surface area (Å²) in [5.74, 6) is 1.56. The molecule has 3 aromatic rings. The Morgan fingerprint density at radius 1 is 1.10 bits per heavy atom. The first-order chi connectivity index (χ1) is 14.7. The van der Waals surface area contributed by atoms with Crippen LogP contribution in [0.2, 0.25) is 0 Å². The number of hydrogen-bond donors (Lipinski definition) is 1. The van der Waals surface area contributed by atoms with Gasteiger partial charge >= 0.3 is 0 Å². The van der Waals surface area contributed by atoms with Gasteiger partial charge in [-0.15, -0.1) is 10.2 Å². The zero-order chi connectivity index (χ0) is 20.8. The Bertz CT molecular complexity index is 971. The highest BCUT2D eigenvalue weighted by Crippen LogP contribution is 2.28. The molecule has 156 valence electrons. The maximum Gasteiger partial charge on any atom is 0.220 e. The monoisotopic (exact) mass is 425 g/mol. The van der Waals surface area contributed by atoms with Crippen LogP contribution in [-0.2, 0) is 17.1 Å². The number of nitrogens with zero attached hydrogens (tertiary/aromatic N) is 4. The van der Waals surface area contributed by atoms with Crippen molar-refractivity contribution in [3.63, 3.8) is 0 Å². The van der Waals surface area contributed by atoms with E-state index in [9.17, 15) is 9.18 Å². The molecule has 0 aliphatic heterocycles. The van der Waals surface area contributed by atoms with Crippen LogP contribution in [-0.4, -0.2) is 25.7 Å². The van der Waals surface area contributed by atoms with Crippen molar-refractivity contribution >= 4 is 17.7 Å². The average Bonchev–Trinajstić information content (AvgIpc) is 3.42. The van der Waals surface area contributed by atoms with Crippen LogP contribution >= 0.6 is 11.8 Å². The first-order valence-electron chi connectivity index (χ1n) is 10.2. The van der Waals surface area contributed by atoms with E-state index in [1.807, 2.05) is 16.7 Å². The summed E-state index contributed by atoms with van der Waals surface area (Å²) in [4.78, 5) is 16.4. The summed E-state index contributed by atoms with van der Waals surface area (Å²) in [5.41, 5.74) is 1.88. The molecule has 0 radical (unpaired) electrons. The average molecular weight is 426 g/mol. The highest BCUT2D eigenvalue weighted by atomic mass is 32.2. The number of pyridine rings is 1. The van der Waals surface area contributed by atoms with Crippen molar-refractivity contribution in [2.24, 2.45) is 5.92 Å². The maximum atomic E-state index is 13.4. The number of carbonyl (C=O) groups excluding carboxylic acids is 1. The molecule has 2 heterocycles. The van der Waals surface area contributed by atoms with Crippen LogP contribution in [0.5, 0.6) is 0 Å². The summed E-state index contributed by atoms with van der Waals surface area (Å²) >= 11 is 1.54. The highest BCUT2D eigenvalue weighted by Gasteiger charge is 2.20. The van der Waals surface area contributed by atoms with Crippen molar-refractivity contribution in [3.05, 3.63) is 66.0 Å². The lowest BCUT2D eigenvalue weighted by molar-refractivity contribution is -0.122. The van der Waals surface area contributed by atoms with Crippen molar-refractivity contribution in [3.8, 4) is 5.69 Å². The second-order valence-electron chi connectivity index (χ2n) is 7.49. The van der Waals surface area contributed by atoms with Crippen molar-refractivity contribution in [1.82, 2.24) is 25.1 Å². The Kier molecular flexibility index (Phi) is 6.74. The van der Waals surface area contributed by atoms with E-state index >= 15 is 0 Å². The molecule has 1 amide bonds. The quantitative estimate of drug-likeness (QED) is 0.545. The second-order valence-corrected chi connectivity index (χ2v) is 8.43. The lowest BCUT2D eigenvalue weighted by atomic mass is 10.0. The molecule has 0 unspecified atom stereocenters. The van der Waals surface area contributed by atoms with Gasteiger partial charge < -0.3 is 5.32 Å². The first-order valence-corrected chi connectivity index (χ1v) is 11.2. The third-order valence-electron chi connectivity index (χ3n) is 5.29. The van der Waals surface area contributed by atoms with Gasteiger partial charge in [0.15, 0.2) is 11.0 Å². The molecule has 0 atom stereocenters. The molecular formula is C22H24FN5OS. The number of carbonyl (C=O) groups is 1. The van der Waals surface area contributed by atoms with Gasteiger partial charge in [0.2, 0.25) is 5.91 Å². The first kappa shape index (κ1) is 20.5. The Balaban J connectivity index is 1.49. The van der Waals surface area contributed by atoms with Crippen LogP contribution in [0.3, 0.4) is 0 Å². The maximum absolute atomic E-state index is 13.4. The van der Waals surface area contributed by atoms with E-state index in [4.69, 9.17) is 0 Å². The smallest absolute Gasteiger partial charge is 0.220 e. The topological polar surface area (TPSA) is 72.7 Å². The molecule has 4 rings (SSSR count).